The third-order valence-corrected chi connectivity index (χ3v) is 2.46. The van der Waals surface area contributed by atoms with E-state index in [0.717, 1.165) is 5.69 Å². The molecule has 0 aliphatic heterocycles. The number of amides is 1. The lowest BCUT2D eigenvalue weighted by Crippen LogP contribution is -2.39. The van der Waals surface area contributed by atoms with Gasteiger partial charge in [-0.2, -0.15) is 0 Å². The molecule has 0 saturated heterocycles. The Kier molecular flexibility index (Phi) is 7.42. The SMILES string of the molecule is C=CCNC(=NC)NCCOc1cccc(NC(C)=O)c1. The molecule has 0 saturated carbocycles. The Bertz CT molecular complexity index is 500. The van der Waals surface area contributed by atoms with E-state index in [1.165, 1.54) is 6.92 Å². The average molecular weight is 290 g/mol. The van der Waals surface area contributed by atoms with Gasteiger partial charge in [0, 0.05) is 32.3 Å². The largest absolute Gasteiger partial charge is 0.492 e. The minimum Gasteiger partial charge on any atom is -0.492 e. The van der Waals surface area contributed by atoms with Gasteiger partial charge in [0.05, 0.1) is 6.54 Å². The number of rotatable bonds is 7. The van der Waals surface area contributed by atoms with Gasteiger partial charge in [-0.15, -0.1) is 6.58 Å². The molecule has 0 unspecified atom stereocenters. The highest BCUT2D eigenvalue weighted by Gasteiger charge is 1.99. The number of nitrogens with one attached hydrogen (secondary N) is 3. The Labute approximate surface area is 125 Å². The van der Waals surface area contributed by atoms with Crippen molar-refractivity contribution in [3.05, 3.63) is 36.9 Å². The summed E-state index contributed by atoms with van der Waals surface area (Å²) in [6, 6.07) is 7.27. The van der Waals surface area contributed by atoms with Gasteiger partial charge in [-0.1, -0.05) is 12.1 Å². The Morgan fingerprint density at radius 2 is 2.24 bits per heavy atom. The highest BCUT2D eigenvalue weighted by atomic mass is 16.5. The summed E-state index contributed by atoms with van der Waals surface area (Å²) >= 11 is 0. The summed E-state index contributed by atoms with van der Waals surface area (Å²) in [5.41, 5.74) is 0.719. The Morgan fingerprint density at radius 1 is 1.43 bits per heavy atom. The third kappa shape index (κ3) is 7.00. The first-order valence-corrected chi connectivity index (χ1v) is 6.71. The van der Waals surface area contributed by atoms with Crippen LogP contribution in [0.5, 0.6) is 5.75 Å². The van der Waals surface area contributed by atoms with Crippen LogP contribution >= 0.6 is 0 Å². The number of hydrogen-bond acceptors (Lipinski definition) is 3. The second-order valence-electron chi connectivity index (χ2n) is 4.23. The van der Waals surface area contributed by atoms with Crippen molar-refractivity contribution < 1.29 is 9.53 Å². The fourth-order valence-corrected chi connectivity index (χ4v) is 1.59. The molecule has 1 amide bonds. The highest BCUT2D eigenvalue weighted by molar-refractivity contribution is 5.88. The molecule has 3 N–H and O–H groups in total. The third-order valence-electron chi connectivity index (χ3n) is 2.46. The van der Waals surface area contributed by atoms with Crippen molar-refractivity contribution >= 4 is 17.6 Å². The maximum absolute atomic E-state index is 11.0. The van der Waals surface area contributed by atoms with Gasteiger partial charge in [-0.3, -0.25) is 9.79 Å². The van der Waals surface area contributed by atoms with Gasteiger partial charge in [0.1, 0.15) is 12.4 Å². The van der Waals surface area contributed by atoms with Crippen molar-refractivity contribution in [2.24, 2.45) is 4.99 Å². The first-order valence-electron chi connectivity index (χ1n) is 6.71. The molecule has 21 heavy (non-hydrogen) atoms. The molecule has 114 valence electrons. The predicted molar refractivity (Wildman–Crippen MR) is 85.8 cm³/mol. The fourth-order valence-electron chi connectivity index (χ4n) is 1.59. The quantitative estimate of drug-likeness (QED) is 0.307. The Hall–Kier alpha value is -2.50. The maximum atomic E-state index is 11.0. The van der Waals surface area contributed by atoms with Crippen LogP contribution in [0.3, 0.4) is 0 Å². The van der Waals surface area contributed by atoms with Gasteiger partial charge in [-0.05, 0) is 12.1 Å². The van der Waals surface area contributed by atoms with Crippen molar-refractivity contribution in [2.75, 3.05) is 32.1 Å². The van der Waals surface area contributed by atoms with Crippen molar-refractivity contribution in [1.29, 1.82) is 0 Å². The first kappa shape index (κ1) is 16.6. The molecule has 1 rings (SSSR count). The van der Waals surface area contributed by atoms with Crippen LogP contribution in [0.2, 0.25) is 0 Å². The molecule has 6 nitrogen and oxygen atoms in total. The van der Waals surface area contributed by atoms with E-state index in [9.17, 15) is 4.79 Å². The van der Waals surface area contributed by atoms with Gasteiger partial charge in [0.25, 0.3) is 0 Å². The van der Waals surface area contributed by atoms with Crippen LogP contribution < -0.4 is 20.7 Å². The van der Waals surface area contributed by atoms with E-state index >= 15 is 0 Å². The summed E-state index contributed by atoms with van der Waals surface area (Å²) in [5.74, 6) is 1.30. The zero-order valence-corrected chi connectivity index (χ0v) is 12.5. The molecule has 0 aliphatic rings. The minimum absolute atomic E-state index is 0.106. The minimum atomic E-state index is -0.106. The van der Waals surface area contributed by atoms with E-state index in [1.807, 2.05) is 18.2 Å². The first-order chi connectivity index (χ1) is 10.2. The van der Waals surface area contributed by atoms with Crippen LogP contribution in [0.1, 0.15) is 6.92 Å². The molecular formula is C15H22N4O2. The number of carbonyl (C=O) groups is 1. The van der Waals surface area contributed by atoms with Crippen LogP contribution in [0.4, 0.5) is 5.69 Å². The number of carbonyl (C=O) groups excluding carboxylic acids is 1. The number of ether oxygens (including phenoxy) is 1. The summed E-state index contributed by atoms with van der Waals surface area (Å²) in [7, 11) is 1.70. The van der Waals surface area contributed by atoms with Crippen LogP contribution in [0, 0.1) is 0 Å². The van der Waals surface area contributed by atoms with Crippen molar-refractivity contribution in [3.63, 3.8) is 0 Å². The maximum Gasteiger partial charge on any atom is 0.221 e. The second kappa shape index (κ2) is 9.41. The topological polar surface area (TPSA) is 74.8 Å². The van der Waals surface area contributed by atoms with Crippen LogP contribution in [-0.4, -0.2) is 38.6 Å². The zero-order valence-electron chi connectivity index (χ0n) is 12.5. The van der Waals surface area contributed by atoms with Crippen molar-refractivity contribution in [1.82, 2.24) is 10.6 Å². The monoisotopic (exact) mass is 290 g/mol. The van der Waals surface area contributed by atoms with E-state index in [-0.39, 0.29) is 5.91 Å². The molecule has 1 aromatic rings. The standard InChI is InChI=1S/C15H22N4O2/c1-4-8-17-15(16-3)18-9-10-21-14-7-5-6-13(11-14)19-12(2)20/h4-7,11H,1,8-10H2,2-3H3,(H,19,20)(H2,16,17,18). The molecular weight excluding hydrogens is 268 g/mol. The van der Waals surface area contributed by atoms with Gasteiger partial charge in [0.15, 0.2) is 5.96 Å². The number of guanidine groups is 1. The molecule has 0 bridgehead atoms. The predicted octanol–water partition coefficient (Wildman–Crippen LogP) is 1.37. The smallest absolute Gasteiger partial charge is 0.221 e. The highest BCUT2D eigenvalue weighted by Crippen LogP contribution is 2.16. The summed E-state index contributed by atoms with van der Waals surface area (Å²) in [6.07, 6.45) is 1.76. The van der Waals surface area contributed by atoms with Crippen LogP contribution in [-0.2, 0) is 4.79 Å². The molecule has 0 radical (unpaired) electrons. The molecule has 0 aromatic heterocycles. The van der Waals surface area contributed by atoms with Crippen molar-refractivity contribution in [3.8, 4) is 5.75 Å². The van der Waals surface area contributed by atoms with E-state index in [1.54, 1.807) is 19.2 Å². The van der Waals surface area contributed by atoms with E-state index < -0.39 is 0 Å². The molecule has 1 aromatic carbocycles. The molecule has 0 heterocycles. The summed E-state index contributed by atoms with van der Waals surface area (Å²) < 4.78 is 5.61. The molecule has 6 heteroatoms. The zero-order chi connectivity index (χ0) is 15.5. The second-order valence-corrected chi connectivity index (χ2v) is 4.23. The lowest BCUT2D eigenvalue weighted by Gasteiger charge is -2.12. The van der Waals surface area contributed by atoms with E-state index in [0.29, 0.717) is 31.4 Å². The van der Waals surface area contributed by atoms with Crippen molar-refractivity contribution in [2.45, 2.75) is 6.92 Å². The Morgan fingerprint density at radius 3 is 2.90 bits per heavy atom. The van der Waals surface area contributed by atoms with E-state index in [4.69, 9.17) is 4.74 Å². The van der Waals surface area contributed by atoms with Gasteiger partial charge in [-0.25, -0.2) is 0 Å². The van der Waals surface area contributed by atoms with Gasteiger partial charge >= 0.3 is 0 Å². The van der Waals surface area contributed by atoms with Gasteiger partial charge in [0.2, 0.25) is 5.91 Å². The number of anilines is 1. The molecule has 0 aliphatic carbocycles. The number of benzene rings is 1. The molecule has 0 fully saturated rings. The lowest BCUT2D eigenvalue weighted by molar-refractivity contribution is -0.114. The number of aliphatic imine (C=N–C) groups is 1. The normalized spacial score (nSPS) is 10.7. The molecule has 0 atom stereocenters. The number of nitrogens with zero attached hydrogens (tertiary/aromatic N) is 1. The fraction of sp³-hybridized carbons (Fsp3) is 0.333. The summed E-state index contributed by atoms with van der Waals surface area (Å²) in [4.78, 5) is 15.1. The number of hydrogen-bond donors (Lipinski definition) is 3. The van der Waals surface area contributed by atoms with Gasteiger partial charge < -0.3 is 20.7 Å². The van der Waals surface area contributed by atoms with E-state index in [2.05, 4.69) is 27.5 Å². The summed E-state index contributed by atoms with van der Waals surface area (Å²) in [5, 5.41) is 8.90. The van der Waals surface area contributed by atoms with Crippen LogP contribution in [0.15, 0.2) is 41.9 Å². The van der Waals surface area contributed by atoms with Crippen LogP contribution in [0.25, 0.3) is 0 Å². The average Bonchev–Trinajstić information content (AvgIpc) is 2.46. The molecule has 0 spiro atoms. The Balaban J connectivity index is 2.35. The summed E-state index contributed by atoms with van der Waals surface area (Å²) in [6.45, 7) is 6.85. The lowest BCUT2D eigenvalue weighted by atomic mass is 10.3.